The molecule has 7 nitrogen and oxygen atoms in total. The van der Waals surface area contributed by atoms with Crippen LogP contribution in [0.4, 0.5) is 25.1 Å². The lowest BCUT2D eigenvalue weighted by atomic mass is 9.64. The lowest BCUT2D eigenvalue weighted by Gasteiger charge is -2.44. The lowest BCUT2D eigenvalue weighted by Crippen LogP contribution is -2.48. The largest absolute Gasteiger partial charge is 0.368 e. The number of alkyl halides is 1. The molecule has 4 rings (SSSR count). The smallest absolute Gasteiger partial charge is 0.318 e. The van der Waals surface area contributed by atoms with E-state index >= 15 is 0 Å². The molecule has 1 saturated carbocycles. The summed E-state index contributed by atoms with van der Waals surface area (Å²) in [6.45, 7) is 2.46. The van der Waals surface area contributed by atoms with Gasteiger partial charge in [0, 0.05) is 36.5 Å². The summed E-state index contributed by atoms with van der Waals surface area (Å²) in [6.07, 6.45) is 1.71. The van der Waals surface area contributed by atoms with E-state index in [4.69, 9.17) is 0 Å². The number of rotatable bonds is 6. The van der Waals surface area contributed by atoms with Gasteiger partial charge < -0.3 is 16.0 Å². The van der Waals surface area contributed by atoms with Gasteiger partial charge in [-0.05, 0) is 61.7 Å². The first kappa shape index (κ1) is 21.6. The van der Waals surface area contributed by atoms with E-state index in [-0.39, 0.29) is 11.0 Å². The van der Waals surface area contributed by atoms with E-state index < -0.39 is 18.0 Å². The Morgan fingerprint density at radius 2 is 2.00 bits per heavy atom. The minimum Gasteiger partial charge on any atom is -0.368 e. The molecule has 1 aliphatic carbocycles. The molecule has 1 aromatic carbocycles. The molecule has 1 fully saturated rings. The molecule has 32 heavy (non-hydrogen) atoms. The Balaban J connectivity index is 1.46. The quantitative estimate of drug-likeness (QED) is 0.536. The summed E-state index contributed by atoms with van der Waals surface area (Å²) in [6, 6.07) is 11.1. The van der Waals surface area contributed by atoms with Gasteiger partial charge in [0.15, 0.2) is 0 Å². The van der Waals surface area contributed by atoms with E-state index in [2.05, 4.69) is 31.1 Å². The molecular formula is C23H24F2N6O. The molecule has 2 aromatic heterocycles. The van der Waals surface area contributed by atoms with Crippen molar-refractivity contribution in [3.8, 4) is 11.3 Å². The number of benzene rings is 1. The summed E-state index contributed by atoms with van der Waals surface area (Å²) in [5.41, 5.74) is 2.52. The highest BCUT2D eigenvalue weighted by atomic mass is 19.1. The molecule has 0 radical (unpaired) electrons. The fourth-order valence-corrected chi connectivity index (χ4v) is 4.07. The molecule has 3 N–H and O–H groups in total. The van der Waals surface area contributed by atoms with Crippen LogP contribution in [0.2, 0.25) is 0 Å². The Labute approximate surface area is 184 Å². The molecule has 0 saturated heterocycles. The number of halogens is 2. The van der Waals surface area contributed by atoms with Gasteiger partial charge in [0.1, 0.15) is 17.8 Å². The fraction of sp³-hybridized carbons (Fsp3) is 0.304. The average Bonchev–Trinajstić information content (AvgIpc) is 2.77. The second-order valence-electron chi connectivity index (χ2n) is 8.01. The zero-order valence-electron chi connectivity index (χ0n) is 17.8. The summed E-state index contributed by atoms with van der Waals surface area (Å²) in [4.78, 5) is 15.9. The summed E-state index contributed by atoms with van der Waals surface area (Å²) < 4.78 is 28.3. The third-order valence-electron chi connectivity index (χ3n) is 5.74. The summed E-state index contributed by atoms with van der Waals surface area (Å²) in [7, 11) is 1.48. The van der Waals surface area contributed by atoms with Crippen molar-refractivity contribution in [2.45, 2.75) is 31.4 Å². The maximum atomic E-state index is 14.5. The summed E-state index contributed by atoms with van der Waals surface area (Å²) >= 11 is 0. The minimum absolute atomic E-state index is 0.270. The SMILES string of the molecule is CNC(=O)Nc1ccc(-c2ccc(NCC3(c4ncccc4C)CC(F)C3)nn2)c(F)c1. The van der Waals surface area contributed by atoms with E-state index in [0.29, 0.717) is 36.6 Å². The van der Waals surface area contributed by atoms with Gasteiger partial charge in [0.2, 0.25) is 0 Å². The number of amides is 2. The van der Waals surface area contributed by atoms with Crippen LogP contribution in [-0.4, -0.2) is 41.0 Å². The van der Waals surface area contributed by atoms with Crippen molar-refractivity contribution in [1.82, 2.24) is 20.5 Å². The van der Waals surface area contributed by atoms with E-state index in [0.717, 1.165) is 11.3 Å². The molecule has 0 bridgehead atoms. The van der Waals surface area contributed by atoms with Crippen LogP contribution in [0.5, 0.6) is 0 Å². The van der Waals surface area contributed by atoms with Crippen LogP contribution in [0.15, 0.2) is 48.7 Å². The predicted octanol–water partition coefficient (Wildman–Crippen LogP) is 4.22. The molecule has 9 heteroatoms. The second kappa shape index (κ2) is 8.86. The number of anilines is 2. The van der Waals surface area contributed by atoms with Crippen LogP contribution in [0.3, 0.4) is 0 Å². The van der Waals surface area contributed by atoms with Gasteiger partial charge in [-0.3, -0.25) is 4.98 Å². The standard InChI is InChI=1S/C23H24F2N6O/c1-14-4-3-9-27-21(14)23(11-15(24)12-23)13-28-20-8-7-19(30-31-20)17-6-5-16(10-18(17)25)29-22(32)26-2/h3-10,15H,11-13H2,1-2H3,(H,28,31)(H2,26,29,32). The molecule has 0 aliphatic heterocycles. The Bertz CT molecular complexity index is 1120. The number of aromatic nitrogens is 3. The normalized spacial score (nSPS) is 19.7. The number of carbonyl (C=O) groups is 1. The molecule has 2 heterocycles. The number of hydrogen-bond acceptors (Lipinski definition) is 5. The number of urea groups is 1. The van der Waals surface area contributed by atoms with Crippen molar-refractivity contribution < 1.29 is 13.6 Å². The summed E-state index contributed by atoms with van der Waals surface area (Å²) in [5.74, 6) is -0.00993. The van der Waals surface area contributed by atoms with Crippen LogP contribution in [-0.2, 0) is 5.41 Å². The maximum absolute atomic E-state index is 14.5. The molecule has 0 atom stereocenters. The Kier molecular flexibility index (Phi) is 5.98. The lowest BCUT2D eigenvalue weighted by molar-refractivity contribution is 0.0991. The molecule has 2 amide bonds. The highest BCUT2D eigenvalue weighted by Crippen LogP contribution is 2.45. The zero-order valence-corrected chi connectivity index (χ0v) is 17.8. The highest BCUT2D eigenvalue weighted by molar-refractivity contribution is 5.89. The number of aryl methyl sites for hydroxylation is 1. The van der Waals surface area contributed by atoms with E-state index in [1.165, 1.54) is 19.2 Å². The third-order valence-corrected chi connectivity index (χ3v) is 5.74. The van der Waals surface area contributed by atoms with Crippen molar-refractivity contribution in [3.05, 3.63) is 65.7 Å². The molecule has 0 unspecified atom stereocenters. The Hall–Kier alpha value is -3.62. The average molecular weight is 438 g/mol. The van der Waals surface area contributed by atoms with Gasteiger partial charge in [0.05, 0.1) is 11.4 Å². The first-order chi connectivity index (χ1) is 15.4. The minimum atomic E-state index is -0.837. The van der Waals surface area contributed by atoms with Gasteiger partial charge in [0.25, 0.3) is 0 Å². The number of nitrogens with one attached hydrogen (secondary N) is 3. The Morgan fingerprint density at radius 1 is 1.19 bits per heavy atom. The Morgan fingerprint density at radius 3 is 2.62 bits per heavy atom. The maximum Gasteiger partial charge on any atom is 0.318 e. The van der Waals surface area contributed by atoms with E-state index in [1.54, 1.807) is 24.4 Å². The van der Waals surface area contributed by atoms with Crippen molar-refractivity contribution in [3.63, 3.8) is 0 Å². The van der Waals surface area contributed by atoms with Crippen LogP contribution in [0.1, 0.15) is 24.1 Å². The molecule has 3 aromatic rings. The second-order valence-corrected chi connectivity index (χ2v) is 8.01. The van der Waals surface area contributed by atoms with Crippen molar-refractivity contribution in [2.24, 2.45) is 0 Å². The van der Waals surface area contributed by atoms with Crippen LogP contribution in [0, 0.1) is 12.7 Å². The van der Waals surface area contributed by atoms with Crippen LogP contribution in [0.25, 0.3) is 11.3 Å². The number of carbonyl (C=O) groups excluding carboxylic acids is 1. The molecule has 0 spiro atoms. The van der Waals surface area contributed by atoms with Crippen LogP contribution < -0.4 is 16.0 Å². The van der Waals surface area contributed by atoms with Gasteiger partial charge in [-0.2, -0.15) is 0 Å². The molecule has 166 valence electrons. The van der Waals surface area contributed by atoms with Gasteiger partial charge >= 0.3 is 6.03 Å². The van der Waals surface area contributed by atoms with Crippen molar-refractivity contribution in [1.29, 1.82) is 0 Å². The monoisotopic (exact) mass is 438 g/mol. The first-order valence-corrected chi connectivity index (χ1v) is 10.3. The van der Waals surface area contributed by atoms with Crippen molar-refractivity contribution in [2.75, 3.05) is 24.2 Å². The van der Waals surface area contributed by atoms with Crippen molar-refractivity contribution >= 4 is 17.5 Å². The molecular weight excluding hydrogens is 414 g/mol. The number of nitrogens with zero attached hydrogens (tertiary/aromatic N) is 3. The number of pyridine rings is 1. The van der Waals surface area contributed by atoms with E-state index in [1.807, 2.05) is 19.1 Å². The van der Waals surface area contributed by atoms with Crippen LogP contribution >= 0.6 is 0 Å². The first-order valence-electron chi connectivity index (χ1n) is 10.3. The fourth-order valence-electron chi connectivity index (χ4n) is 4.07. The topological polar surface area (TPSA) is 91.8 Å². The third kappa shape index (κ3) is 4.37. The van der Waals surface area contributed by atoms with Gasteiger partial charge in [-0.1, -0.05) is 6.07 Å². The summed E-state index contributed by atoms with van der Waals surface area (Å²) in [5, 5.41) is 16.4. The predicted molar refractivity (Wildman–Crippen MR) is 119 cm³/mol. The zero-order chi connectivity index (χ0) is 22.7. The van der Waals surface area contributed by atoms with Gasteiger partial charge in [-0.15, -0.1) is 10.2 Å². The number of hydrogen-bond donors (Lipinski definition) is 3. The van der Waals surface area contributed by atoms with Gasteiger partial charge in [-0.25, -0.2) is 13.6 Å². The molecule has 1 aliphatic rings. The highest BCUT2D eigenvalue weighted by Gasteiger charge is 2.47. The van der Waals surface area contributed by atoms with E-state index in [9.17, 15) is 13.6 Å².